The topological polar surface area (TPSA) is 80.9 Å². The van der Waals surface area contributed by atoms with Gasteiger partial charge in [0.15, 0.2) is 0 Å². The van der Waals surface area contributed by atoms with Gasteiger partial charge in [-0.25, -0.2) is 4.79 Å². The Kier molecular flexibility index (Phi) is 4.27. The van der Waals surface area contributed by atoms with E-state index in [4.69, 9.17) is 28.3 Å². The van der Waals surface area contributed by atoms with Gasteiger partial charge in [-0.05, 0) is 35.0 Å². The average molecular weight is 349 g/mol. The molecule has 0 atom stereocenters. The van der Waals surface area contributed by atoms with Crippen LogP contribution in [0.25, 0.3) is 11.4 Å². The van der Waals surface area contributed by atoms with Gasteiger partial charge in [0.1, 0.15) is 0 Å². The summed E-state index contributed by atoms with van der Waals surface area (Å²) in [6.45, 7) is 0.357. The van der Waals surface area contributed by atoms with Gasteiger partial charge in [0.2, 0.25) is 5.82 Å². The summed E-state index contributed by atoms with van der Waals surface area (Å²) in [5.74, 6) is -0.572. The van der Waals surface area contributed by atoms with Gasteiger partial charge in [0, 0.05) is 15.6 Å². The maximum atomic E-state index is 10.8. The molecule has 0 bridgehead atoms. The Morgan fingerprint density at radius 1 is 1.13 bits per heavy atom. The number of hydrogen-bond acceptors (Lipinski definition) is 4. The van der Waals surface area contributed by atoms with E-state index in [0.29, 0.717) is 28.0 Å². The van der Waals surface area contributed by atoms with E-state index < -0.39 is 5.97 Å². The van der Waals surface area contributed by atoms with Crippen molar-refractivity contribution in [2.24, 2.45) is 0 Å². The number of carboxylic acid groups (broad SMARTS) is 1. The van der Waals surface area contributed by atoms with Gasteiger partial charge in [-0.3, -0.25) is 0 Å². The second kappa shape index (κ2) is 6.36. The highest BCUT2D eigenvalue weighted by Gasteiger charge is 2.09. The molecule has 0 fully saturated rings. The van der Waals surface area contributed by atoms with Crippen LogP contribution < -0.4 is 0 Å². The SMILES string of the molecule is O=C(O)c1ccc(-c2nnn(Cc3ccc(Cl)cc3Cl)n2)cc1. The predicted octanol–water partition coefficient (Wildman–Crippen LogP) is 3.39. The summed E-state index contributed by atoms with van der Waals surface area (Å²) in [6.07, 6.45) is 0. The molecule has 0 aliphatic heterocycles. The minimum absolute atomic E-state index is 0.203. The van der Waals surface area contributed by atoms with Gasteiger partial charge < -0.3 is 5.11 Å². The fourth-order valence-corrected chi connectivity index (χ4v) is 2.46. The van der Waals surface area contributed by atoms with Crippen LogP contribution in [0.5, 0.6) is 0 Å². The number of benzene rings is 2. The zero-order valence-electron chi connectivity index (χ0n) is 11.6. The van der Waals surface area contributed by atoms with E-state index in [1.54, 1.807) is 30.3 Å². The molecule has 8 heteroatoms. The second-order valence-corrected chi connectivity index (χ2v) is 5.61. The van der Waals surface area contributed by atoms with E-state index in [0.717, 1.165) is 5.56 Å². The van der Waals surface area contributed by atoms with Crippen LogP contribution in [-0.2, 0) is 6.54 Å². The van der Waals surface area contributed by atoms with Crippen LogP contribution >= 0.6 is 23.2 Å². The summed E-state index contributed by atoms with van der Waals surface area (Å²) in [5, 5.41) is 22.2. The lowest BCUT2D eigenvalue weighted by atomic mass is 10.1. The van der Waals surface area contributed by atoms with E-state index in [1.807, 2.05) is 0 Å². The molecule has 0 aliphatic rings. The number of carboxylic acids is 1. The Morgan fingerprint density at radius 3 is 2.52 bits per heavy atom. The van der Waals surface area contributed by atoms with E-state index >= 15 is 0 Å². The monoisotopic (exact) mass is 348 g/mol. The van der Waals surface area contributed by atoms with Gasteiger partial charge >= 0.3 is 5.97 Å². The van der Waals surface area contributed by atoms with Crippen LogP contribution in [0.3, 0.4) is 0 Å². The molecule has 1 heterocycles. The van der Waals surface area contributed by atoms with Gasteiger partial charge in [-0.1, -0.05) is 41.4 Å². The van der Waals surface area contributed by atoms with Crippen molar-refractivity contribution >= 4 is 29.2 Å². The molecule has 23 heavy (non-hydrogen) atoms. The van der Waals surface area contributed by atoms with Crippen LogP contribution in [0.1, 0.15) is 15.9 Å². The Hall–Kier alpha value is -2.44. The third-order valence-corrected chi connectivity index (χ3v) is 3.76. The molecule has 0 saturated heterocycles. The van der Waals surface area contributed by atoms with E-state index in [1.165, 1.54) is 16.9 Å². The number of rotatable bonds is 4. The van der Waals surface area contributed by atoms with E-state index in [9.17, 15) is 4.79 Å². The highest BCUT2D eigenvalue weighted by molar-refractivity contribution is 6.35. The van der Waals surface area contributed by atoms with E-state index in [-0.39, 0.29) is 5.56 Å². The number of carbonyl (C=O) groups is 1. The highest BCUT2D eigenvalue weighted by Crippen LogP contribution is 2.22. The lowest BCUT2D eigenvalue weighted by Gasteiger charge is -2.03. The predicted molar refractivity (Wildman–Crippen MR) is 85.8 cm³/mol. The first-order chi connectivity index (χ1) is 11.0. The molecule has 2 aromatic carbocycles. The second-order valence-electron chi connectivity index (χ2n) is 4.76. The largest absolute Gasteiger partial charge is 0.478 e. The molecular formula is C15H10Cl2N4O2. The van der Waals surface area contributed by atoms with E-state index in [2.05, 4.69) is 15.4 Å². The molecule has 116 valence electrons. The molecule has 1 N–H and O–H groups in total. The van der Waals surface area contributed by atoms with Crippen molar-refractivity contribution < 1.29 is 9.90 Å². The standard InChI is InChI=1S/C15H10Cl2N4O2/c16-12-6-5-11(13(17)7-12)8-21-19-14(18-20-21)9-1-3-10(4-2-9)15(22)23/h1-7H,8H2,(H,22,23). The smallest absolute Gasteiger partial charge is 0.335 e. The molecule has 0 unspecified atom stereocenters. The summed E-state index contributed by atoms with van der Waals surface area (Å²) in [6, 6.07) is 11.5. The molecule has 0 saturated carbocycles. The minimum atomic E-state index is -0.981. The molecule has 6 nitrogen and oxygen atoms in total. The van der Waals surface area contributed by atoms with Crippen molar-refractivity contribution in [2.75, 3.05) is 0 Å². The summed E-state index contributed by atoms with van der Waals surface area (Å²) in [5.41, 5.74) is 1.71. The van der Waals surface area contributed by atoms with Crippen LogP contribution in [-0.4, -0.2) is 31.3 Å². The van der Waals surface area contributed by atoms with Crippen molar-refractivity contribution in [2.45, 2.75) is 6.54 Å². The first kappa shape index (κ1) is 15.5. The van der Waals surface area contributed by atoms with Gasteiger partial charge in [-0.15, -0.1) is 10.2 Å². The fourth-order valence-electron chi connectivity index (χ4n) is 1.99. The molecule has 0 radical (unpaired) electrons. The number of nitrogens with zero attached hydrogens (tertiary/aromatic N) is 4. The lowest BCUT2D eigenvalue weighted by molar-refractivity contribution is 0.0697. The van der Waals surface area contributed by atoms with Crippen molar-refractivity contribution in [3.63, 3.8) is 0 Å². The Labute approximate surface area is 141 Å². The third kappa shape index (κ3) is 3.49. The number of aromatic carboxylic acids is 1. The van der Waals surface area contributed by atoms with Crippen molar-refractivity contribution in [3.05, 3.63) is 63.6 Å². The molecule has 0 aliphatic carbocycles. The normalized spacial score (nSPS) is 10.7. The zero-order chi connectivity index (χ0) is 16.4. The average Bonchev–Trinajstić information content (AvgIpc) is 2.99. The summed E-state index contributed by atoms with van der Waals surface area (Å²) >= 11 is 12.0. The van der Waals surface area contributed by atoms with Crippen molar-refractivity contribution in [1.29, 1.82) is 0 Å². The molecule has 0 spiro atoms. The molecule has 3 rings (SSSR count). The van der Waals surface area contributed by atoms with Gasteiger partial charge in [0.05, 0.1) is 12.1 Å². The maximum Gasteiger partial charge on any atom is 0.335 e. The van der Waals surface area contributed by atoms with Gasteiger partial charge in [-0.2, -0.15) is 4.80 Å². The van der Waals surface area contributed by atoms with Crippen LogP contribution in [0.2, 0.25) is 10.0 Å². The highest BCUT2D eigenvalue weighted by atomic mass is 35.5. The first-order valence-corrected chi connectivity index (χ1v) is 7.34. The Balaban J connectivity index is 1.81. The zero-order valence-corrected chi connectivity index (χ0v) is 13.2. The maximum absolute atomic E-state index is 10.8. The molecule has 3 aromatic rings. The molecule has 0 amide bonds. The minimum Gasteiger partial charge on any atom is -0.478 e. The molecular weight excluding hydrogens is 339 g/mol. The van der Waals surface area contributed by atoms with Gasteiger partial charge in [0.25, 0.3) is 0 Å². The quantitative estimate of drug-likeness (QED) is 0.781. The number of halogens is 2. The fraction of sp³-hybridized carbons (Fsp3) is 0.0667. The third-order valence-electron chi connectivity index (χ3n) is 3.17. The van der Waals surface area contributed by atoms with Crippen molar-refractivity contribution in [3.8, 4) is 11.4 Å². The van der Waals surface area contributed by atoms with Crippen LogP contribution in [0, 0.1) is 0 Å². The lowest BCUT2D eigenvalue weighted by Crippen LogP contribution is -2.04. The number of tetrazole rings is 1. The summed E-state index contributed by atoms with van der Waals surface area (Å²) in [4.78, 5) is 12.3. The first-order valence-electron chi connectivity index (χ1n) is 6.58. The molecule has 1 aromatic heterocycles. The number of aromatic nitrogens is 4. The number of hydrogen-bond donors (Lipinski definition) is 1. The Morgan fingerprint density at radius 2 is 1.87 bits per heavy atom. The van der Waals surface area contributed by atoms with Crippen LogP contribution in [0.15, 0.2) is 42.5 Å². The Bertz CT molecular complexity index is 862. The summed E-state index contributed by atoms with van der Waals surface area (Å²) in [7, 11) is 0. The summed E-state index contributed by atoms with van der Waals surface area (Å²) < 4.78 is 0. The van der Waals surface area contributed by atoms with Crippen molar-refractivity contribution in [1.82, 2.24) is 20.2 Å². The van der Waals surface area contributed by atoms with Crippen LogP contribution in [0.4, 0.5) is 0 Å².